The van der Waals surface area contributed by atoms with Crippen molar-refractivity contribution in [3.63, 3.8) is 0 Å². The Kier molecular flexibility index (Phi) is 5.35. The number of nitrogens with one attached hydrogen (secondary N) is 1. The van der Waals surface area contributed by atoms with Crippen molar-refractivity contribution in [1.82, 2.24) is 5.32 Å². The highest BCUT2D eigenvalue weighted by Crippen LogP contribution is 2.25. The summed E-state index contributed by atoms with van der Waals surface area (Å²) in [6, 6.07) is 6.03. The van der Waals surface area contributed by atoms with Gasteiger partial charge in [-0.1, -0.05) is 11.6 Å². The van der Waals surface area contributed by atoms with Crippen LogP contribution in [0.5, 0.6) is 5.75 Å². The first-order valence-electron chi connectivity index (χ1n) is 6.20. The number of aliphatic hydroxyl groups excluding tert-OH is 1. The Hall–Kier alpha value is -2.12. The summed E-state index contributed by atoms with van der Waals surface area (Å²) in [7, 11) is 0. The highest BCUT2D eigenvalue weighted by Gasteiger charge is 2.21. The number of carbonyl (C=O) groups excluding carboxylic acids is 1. The van der Waals surface area contributed by atoms with E-state index in [0.717, 1.165) is 0 Å². The van der Waals surface area contributed by atoms with E-state index in [2.05, 4.69) is 10.1 Å². The fraction of sp³-hybridized carbons (Fsp3) is 0.214. The Bertz CT molecular complexity index is 634. The molecule has 0 aliphatic carbocycles. The fourth-order valence-electron chi connectivity index (χ4n) is 1.81. The van der Waals surface area contributed by atoms with E-state index in [1.54, 1.807) is 12.1 Å². The molecule has 0 bridgehead atoms. The molecule has 8 heteroatoms. The molecule has 22 heavy (non-hydrogen) atoms. The van der Waals surface area contributed by atoms with Gasteiger partial charge in [0.05, 0.1) is 18.4 Å². The molecular formula is C14H12ClF2NO4. The van der Waals surface area contributed by atoms with Crippen LogP contribution < -0.4 is 10.1 Å². The molecular weight excluding hydrogens is 320 g/mol. The summed E-state index contributed by atoms with van der Waals surface area (Å²) in [6.07, 6.45) is 1.38. The van der Waals surface area contributed by atoms with Crippen molar-refractivity contribution in [3.05, 3.63) is 52.9 Å². The zero-order valence-electron chi connectivity index (χ0n) is 11.1. The van der Waals surface area contributed by atoms with Crippen LogP contribution in [0.1, 0.15) is 22.2 Å². The van der Waals surface area contributed by atoms with Crippen LogP contribution in [0.15, 0.2) is 41.0 Å². The number of hydrogen-bond acceptors (Lipinski definition) is 4. The molecule has 2 N–H and O–H groups in total. The summed E-state index contributed by atoms with van der Waals surface area (Å²) in [4.78, 5) is 12.2. The van der Waals surface area contributed by atoms with Gasteiger partial charge in [0.25, 0.3) is 5.91 Å². The largest absolute Gasteiger partial charge is 0.467 e. The second kappa shape index (κ2) is 7.24. The Balaban J connectivity index is 2.22. The van der Waals surface area contributed by atoms with Gasteiger partial charge in [0.1, 0.15) is 17.6 Å². The molecule has 0 saturated heterocycles. The highest BCUT2D eigenvalue weighted by molar-refractivity contribution is 6.31. The first kappa shape index (κ1) is 16.3. The molecule has 1 amide bonds. The van der Waals surface area contributed by atoms with Gasteiger partial charge in [0, 0.05) is 5.02 Å². The lowest BCUT2D eigenvalue weighted by Crippen LogP contribution is -2.31. The van der Waals surface area contributed by atoms with E-state index in [0.29, 0.717) is 5.76 Å². The number of alkyl halides is 2. The van der Waals surface area contributed by atoms with Crippen molar-refractivity contribution < 1.29 is 27.8 Å². The first-order valence-corrected chi connectivity index (χ1v) is 6.58. The minimum Gasteiger partial charge on any atom is -0.467 e. The van der Waals surface area contributed by atoms with Crippen LogP contribution in [-0.4, -0.2) is 24.2 Å². The number of aliphatic hydroxyl groups is 1. The van der Waals surface area contributed by atoms with Gasteiger partial charge < -0.3 is 19.6 Å². The predicted octanol–water partition coefficient (Wildman–Crippen LogP) is 3.00. The molecule has 1 aromatic heterocycles. The molecule has 1 atom stereocenters. The maximum atomic E-state index is 12.4. The maximum Gasteiger partial charge on any atom is 0.387 e. The van der Waals surface area contributed by atoms with Crippen molar-refractivity contribution in [2.24, 2.45) is 0 Å². The van der Waals surface area contributed by atoms with E-state index in [9.17, 15) is 18.7 Å². The summed E-state index contributed by atoms with van der Waals surface area (Å²) in [6.45, 7) is -3.50. The molecule has 0 spiro atoms. The molecule has 1 aromatic carbocycles. The van der Waals surface area contributed by atoms with Gasteiger partial charge in [-0.3, -0.25) is 4.79 Å². The second-order valence-electron chi connectivity index (χ2n) is 4.24. The Morgan fingerprint density at radius 1 is 1.41 bits per heavy atom. The minimum absolute atomic E-state index is 0.169. The molecule has 0 aliphatic heterocycles. The molecule has 1 unspecified atom stereocenters. The smallest absolute Gasteiger partial charge is 0.387 e. The quantitative estimate of drug-likeness (QED) is 0.853. The average molecular weight is 332 g/mol. The predicted molar refractivity (Wildman–Crippen MR) is 74.1 cm³/mol. The fourth-order valence-corrected chi connectivity index (χ4v) is 1.98. The van der Waals surface area contributed by atoms with E-state index < -0.39 is 25.2 Å². The highest BCUT2D eigenvalue weighted by atomic mass is 35.5. The van der Waals surface area contributed by atoms with E-state index in [1.165, 1.54) is 24.5 Å². The molecule has 0 aliphatic rings. The van der Waals surface area contributed by atoms with Crippen LogP contribution in [0.3, 0.4) is 0 Å². The average Bonchev–Trinajstić information content (AvgIpc) is 3.00. The molecule has 0 fully saturated rings. The summed E-state index contributed by atoms with van der Waals surface area (Å²) in [5.41, 5.74) is -0.169. The number of carbonyl (C=O) groups is 1. The number of benzene rings is 1. The van der Waals surface area contributed by atoms with Crippen LogP contribution in [0.2, 0.25) is 5.02 Å². The molecule has 2 rings (SSSR count). The van der Waals surface area contributed by atoms with Gasteiger partial charge in [0.2, 0.25) is 0 Å². The summed E-state index contributed by atoms with van der Waals surface area (Å²) < 4.78 is 34.1. The van der Waals surface area contributed by atoms with Crippen molar-refractivity contribution in [2.75, 3.05) is 6.61 Å². The lowest BCUT2D eigenvalue weighted by atomic mass is 10.1. The van der Waals surface area contributed by atoms with E-state index >= 15 is 0 Å². The summed E-state index contributed by atoms with van der Waals surface area (Å²) in [5.74, 6) is -0.712. The van der Waals surface area contributed by atoms with Crippen LogP contribution >= 0.6 is 11.6 Å². The zero-order chi connectivity index (χ0) is 16.1. The monoisotopic (exact) mass is 331 g/mol. The zero-order valence-corrected chi connectivity index (χ0v) is 11.9. The Morgan fingerprint density at radius 2 is 2.18 bits per heavy atom. The molecule has 118 valence electrons. The van der Waals surface area contributed by atoms with E-state index in [-0.39, 0.29) is 16.3 Å². The molecule has 5 nitrogen and oxygen atoms in total. The van der Waals surface area contributed by atoms with Gasteiger partial charge in [0.15, 0.2) is 0 Å². The van der Waals surface area contributed by atoms with Gasteiger partial charge in [-0.25, -0.2) is 0 Å². The first-order chi connectivity index (χ1) is 10.5. The van der Waals surface area contributed by atoms with E-state index in [1.807, 2.05) is 0 Å². The Labute approximate surface area is 129 Å². The number of hydrogen-bond donors (Lipinski definition) is 2. The number of rotatable bonds is 6. The van der Waals surface area contributed by atoms with Crippen LogP contribution in [0.25, 0.3) is 0 Å². The van der Waals surface area contributed by atoms with Crippen molar-refractivity contribution in [1.29, 1.82) is 0 Å². The van der Waals surface area contributed by atoms with Crippen molar-refractivity contribution in [3.8, 4) is 5.75 Å². The SMILES string of the molecule is O=C(NC(CO)c1ccco1)c1cc(Cl)ccc1OC(F)F. The molecule has 0 saturated carbocycles. The standard InChI is InChI=1S/C14H12ClF2NO4/c15-8-3-4-11(22-14(16)17)9(6-8)13(20)18-10(7-19)12-2-1-5-21-12/h1-6,10,14,19H,7H2,(H,18,20). The number of amides is 1. The second-order valence-corrected chi connectivity index (χ2v) is 4.68. The number of ether oxygens (including phenoxy) is 1. The Morgan fingerprint density at radius 3 is 2.77 bits per heavy atom. The lowest BCUT2D eigenvalue weighted by molar-refractivity contribution is -0.0501. The maximum absolute atomic E-state index is 12.4. The van der Waals surface area contributed by atoms with Gasteiger partial charge in [-0.2, -0.15) is 8.78 Å². The third-order valence-corrected chi connectivity index (χ3v) is 3.01. The normalized spacial score (nSPS) is 12.2. The third kappa shape index (κ3) is 3.96. The van der Waals surface area contributed by atoms with Gasteiger partial charge in [-0.15, -0.1) is 0 Å². The molecule has 0 radical (unpaired) electrons. The summed E-state index contributed by atoms with van der Waals surface area (Å²) in [5, 5.41) is 12.0. The van der Waals surface area contributed by atoms with Gasteiger partial charge in [-0.05, 0) is 30.3 Å². The van der Waals surface area contributed by atoms with Crippen molar-refractivity contribution in [2.45, 2.75) is 12.7 Å². The van der Waals surface area contributed by atoms with Crippen LogP contribution in [-0.2, 0) is 0 Å². The van der Waals surface area contributed by atoms with E-state index in [4.69, 9.17) is 16.0 Å². The topological polar surface area (TPSA) is 71.7 Å². The minimum atomic E-state index is -3.08. The lowest BCUT2D eigenvalue weighted by Gasteiger charge is -2.16. The number of halogens is 3. The van der Waals surface area contributed by atoms with Gasteiger partial charge >= 0.3 is 6.61 Å². The summed E-state index contributed by atoms with van der Waals surface area (Å²) >= 11 is 5.78. The molecule has 1 heterocycles. The number of furan rings is 1. The van der Waals surface area contributed by atoms with Crippen LogP contribution in [0.4, 0.5) is 8.78 Å². The third-order valence-electron chi connectivity index (χ3n) is 2.78. The molecule has 2 aromatic rings. The van der Waals surface area contributed by atoms with Crippen LogP contribution in [0, 0.1) is 0 Å². The van der Waals surface area contributed by atoms with Crippen molar-refractivity contribution >= 4 is 17.5 Å².